The van der Waals surface area contributed by atoms with Gasteiger partial charge in [-0.1, -0.05) is 0 Å². The number of rotatable bonds is 2. The summed E-state index contributed by atoms with van der Waals surface area (Å²) in [6, 6.07) is 1.67. The average molecular weight is 154 g/mol. The van der Waals surface area contributed by atoms with Crippen LogP contribution in [0.1, 0.15) is 5.56 Å². The first-order valence-electron chi connectivity index (χ1n) is 3.24. The van der Waals surface area contributed by atoms with Gasteiger partial charge in [-0.25, -0.2) is 0 Å². The third-order valence-corrected chi connectivity index (χ3v) is 1.44. The molecule has 0 atom stereocenters. The summed E-state index contributed by atoms with van der Waals surface area (Å²) < 4.78 is 4.92. The third kappa shape index (κ3) is 1.40. The Bertz CT molecular complexity index is 293. The van der Waals surface area contributed by atoms with E-state index in [9.17, 15) is 4.79 Å². The van der Waals surface area contributed by atoms with E-state index < -0.39 is 0 Å². The van der Waals surface area contributed by atoms with E-state index in [1.165, 1.54) is 13.3 Å². The summed E-state index contributed by atoms with van der Waals surface area (Å²) in [7, 11) is 1.51. The number of methoxy groups -OCH3 is 1. The normalized spacial score (nSPS) is 9.64. The molecule has 0 aliphatic carbocycles. The van der Waals surface area contributed by atoms with Crippen molar-refractivity contribution in [2.75, 3.05) is 7.11 Å². The number of ether oxygens (including phenoxy) is 1. The Morgan fingerprint density at radius 2 is 2.45 bits per heavy atom. The quantitative estimate of drug-likeness (QED) is 0.622. The molecule has 1 heterocycles. The SMILES string of the molecule is COc1cc[nH]c(=O)c1CN. The molecule has 0 fully saturated rings. The van der Waals surface area contributed by atoms with Crippen molar-refractivity contribution in [3.8, 4) is 5.75 Å². The van der Waals surface area contributed by atoms with Crippen molar-refractivity contribution in [1.29, 1.82) is 0 Å². The van der Waals surface area contributed by atoms with Crippen LogP contribution in [0, 0.1) is 0 Å². The summed E-state index contributed by atoms with van der Waals surface area (Å²) in [6.45, 7) is 0.194. The molecule has 0 radical (unpaired) electrons. The van der Waals surface area contributed by atoms with Crippen molar-refractivity contribution >= 4 is 0 Å². The van der Waals surface area contributed by atoms with Crippen molar-refractivity contribution in [2.24, 2.45) is 5.73 Å². The van der Waals surface area contributed by atoms with Crippen LogP contribution in [0.2, 0.25) is 0 Å². The summed E-state index contributed by atoms with van der Waals surface area (Å²) in [6.07, 6.45) is 1.53. The molecule has 4 nitrogen and oxygen atoms in total. The molecule has 4 heteroatoms. The summed E-state index contributed by atoms with van der Waals surface area (Å²) in [5.74, 6) is 0.538. The number of nitrogens with one attached hydrogen (secondary N) is 1. The standard InChI is InChI=1S/C7H10N2O2/c1-11-6-2-3-9-7(10)5(6)4-8/h2-3H,4,8H2,1H3,(H,9,10). The Morgan fingerprint density at radius 3 is 2.91 bits per heavy atom. The number of aromatic nitrogens is 1. The van der Waals surface area contributed by atoms with Gasteiger partial charge in [-0.2, -0.15) is 0 Å². The van der Waals surface area contributed by atoms with Crippen LogP contribution in [0.4, 0.5) is 0 Å². The van der Waals surface area contributed by atoms with Crippen molar-refractivity contribution in [1.82, 2.24) is 4.98 Å². The highest BCUT2D eigenvalue weighted by molar-refractivity contribution is 5.29. The molecule has 0 unspecified atom stereocenters. The van der Waals surface area contributed by atoms with Gasteiger partial charge in [-0.3, -0.25) is 4.79 Å². The molecule has 0 saturated carbocycles. The number of hydrogen-bond acceptors (Lipinski definition) is 3. The van der Waals surface area contributed by atoms with Crippen LogP contribution in [-0.4, -0.2) is 12.1 Å². The fourth-order valence-electron chi connectivity index (χ4n) is 0.877. The van der Waals surface area contributed by atoms with E-state index in [-0.39, 0.29) is 12.1 Å². The van der Waals surface area contributed by atoms with Gasteiger partial charge in [0.05, 0.1) is 12.7 Å². The van der Waals surface area contributed by atoms with Gasteiger partial charge in [-0.05, 0) is 6.07 Å². The smallest absolute Gasteiger partial charge is 0.256 e. The molecule has 0 spiro atoms. The van der Waals surface area contributed by atoms with Gasteiger partial charge in [0.15, 0.2) is 0 Å². The van der Waals surface area contributed by atoms with Crippen LogP contribution >= 0.6 is 0 Å². The maximum atomic E-state index is 11.0. The molecule has 1 aromatic heterocycles. The second kappa shape index (κ2) is 3.21. The second-order valence-electron chi connectivity index (χ2n) is 2.06. The highest BCUT2D eigenvalue weighted by atomic mass is 16.5. The molecule has 0 aliphatic heterocycles. The van der Waals surface area contributed by atoms with Crippen LogP contribution in [-0.2, 0) is 6.54 Å². The van der Waals surface area contributed by atoms with Crippen LogP contribution in [0.15, 0.2) is 17.1 Å². The van der Waals surface area contributed by atoms with E-state index in [2.05, 4.69) is 4.98 Å². The monoisotopic (exact) mass is 154 g/mol. The summed E-state index contributed by atoms with van der Waals surface area (Å²) in [5, 5.41) is 0. The van der Waals surface area contributed by atoms with Gasteiger partial charge in [0.25, 0.3) is 5.56 Å². The van der Waals surface area contributed by atoms with Crippen molar-refractivity contribution < 1.29 is 4.74 Å². The van der Waals surface area contributed by atoms with E-state index in [1.807, 2.05) is 0 Å². The predicted octanol–water partition coefficient (Wildman–Crippen LogP) is -0.158. The van der Waals surface area contributed by atoms with Crippen molar-refractivity contribution in [2.45, 2.75) is 6.54 Å². The molecule has 0 amide bonds. The summed E-state index contributed by atoms with van der Waals surface area (Å²) in [4.78, 5) is 13.5. The Hall–Kier alpha value is -1.29. The van der Waals surface area contributed by atoms with E-state index in [0.29, 0.717) is 11.3 Å². The van der Waals surface area contributed by atoms with Crippen LogP contribution in [0.3, 0.4) is 0 Å². The fraction of sp³-hybridized carbons (Fsp3) is 0.286. The van der Waals surface area contributed by atoms with Gasteiger partial charge in [0.1, 0.15) is 5.75 Å². The minimum absolute atomic E-state index is 0.188. The largest absolute Gasteiger partial charge is 0.496 e. The minimum Gasteiger partial charge on any atom is -0.496 e. The average Bonchev–Trinajstić information content (AvgIpc) is 2.04. The lowest BCUT2D eigenvalue weighted by molar-refractivity contribution is 0.408. The minimum atomic E-state index is -0.188. The lowest BCUT2D eigenvalue weighted by Gasteiger charge is -2.02. The molecular weight excluding hydrogens is 144 g/mol. The predicted molar refractivity (Wildman–Crippen MR) is 41.5 cm³/mol. The Balaban J connectivity index is 3.24. The zero-order valence-electron chi connectivity index (χ0n) is 6.26. The van der Waals surface area contributed by atoms with Gasteiger partial charge in [0, 0.05) is 12.7 Å². The van der Waals surface area contributed by atoms with E-state index in [1.54, 1.807) is 6.07 Å². The second-order valence-corrected chi connectivity index (χ2v) is 2.06. The maximum absolute atomic E-state index is 11.0. The highest BCUT2D eigenvalue weighted by Crippen LogP contribution is 2.10. The number of nitrogens with two attached hydrogens (primary N) is 1. The lowest BCUT2D eigenvalue weighted by Crippen LogP contribution is -2.16. The molecule has 0 aromatic carbocycles. The molecule has 0 aliphatic rings. The van der Waals surface area contributed by atoms with Crippen molar-refractivity contribution in [3.63, 3.8) is 0 Å². The van der Waals surface area contributed by atoms with Crippen LogP contribution < -0.4 is 16.0 Å². The van der Waals surface area contributed by atoms with Gasteiger partial charge >= 0.3 is 0 Å². The maximum Gasteiger partial charge on any atom is 0.256 e. The summed E-state index contributed by atoms with van der Waals surface area (Å²) >= 11 is 0. The topological polar surface area (TPSA) is 68.1 Å². The molecular formula is C7H10N2O2. The van der Waals surface area contributed by atoms with Gasteiger partial charge in [-0.15, -0.1) is 0 Å². The Morgan fingerprint density at radius 1 is 1.73 bits per heavy atom. The zero-order chi connectivity index (χ0) is 8.27. The molecule has 1 aromatic rings. The molecule has 60 valence electrons. The fourth-order valence-corrected chi connectivity index (χ4v) is 0.877. The van der Waals surface area contributed by atoms with Gasteiger partial charge in [0.2, 0.25) is 0 Å². The molecule has 1 rings (SSSR count). The van der Waals surface area contributed by atoms with Crippen LogP contribution in [0.5, 0.6) is 5.75 Å². The van der Waals surface area contributed by atoms with E-state index >= 15 is 0 Å². The number of pyridine rings is 1. The number of hydrogen-bond donors (Lipinski definition) is 2. The Kier molecular flexibility index (Phi) is 2.28. The molecule has 11 heavy (non-hydrogen) atoms. The first kappa shape index (κ1) is 7.81. The van der Waals surface area contributed by atoms with Crippen molar-refractivity contribution in [3.05, 3.63) is 28.2 Å². The number of H-pyrrole nitrogens is 1. The van der Waals surface area contributed by atoms with Gasteiger partial charge < -0.3 is 15.5 Å². The van der Waals surface area contributed by atoms with Crippen LogP contribution in [0.25, 0.3) is 0 Å². The first-order chi connectivity index (χ1) is 5.29. The Labute approximate surface area is 64.0 Å². The van der Waals surface area contributed by atoms with E-state index in [4.69, 9.17) is 10.5 Å². The molecule has 0 saturated heterocycles. The highest BCUT2D eigenvalue weighted by Gasteiger charge is 2.03. The molecule has 3 N–H and O–H groups in total. The summed E-state index contributed by atoms with van der Waals surface area (Å²) in [5.41, 5.74) is 5.62. The molecule has 0 bridgehead atoms. The first-order valence-corrected chi connectivity index (χ1v) is 3.24. The number of aromatic amines is 1. The zero-order valence-corrected chi connectivity index (χ0v) is 6.26. The van der Waals surface area contributed by atoms with E-state index in [0.717, 1.165) is 0 Å². The lowest BCUT2D eigenvalue weighted by atomic mass is 10.2. The third-order valence-electron chi connectivity index (χ3n) is 1.44.